The van der Waals surface area contributed by atoms with E-state index in [1.165, 1.54) is 6.07 Å². The maximum atomic E-state index is 14.2. The minimum atomic E-state index is -0.466. The molecule has 6 heteroatoms. The Morgan fingerprint density at radius 1 is 1.23 bits per heavy atom. The van der Waals surface area contributed by atoms with E-state index < -0.39 is 11.9 Å². The van der Waals surface area contributed by atoms with Crippen molar-refractivity contribution < 1.29 is 19.0 Å². The summed E-state index contributed by atoms with van der Waals surface area (Å²) in [4.78, 5) is 11.9. The number of aliphatic hydroxyl groups excluding tert-OH is 1. The van der Waals surface area contributed by atoms with E-state index in [0.29, 0.717) is 38.2 Å². The lowest BCUT2D eigenvalue weighted by Crippen LogP contribution is -2.30. The van der Waals surface area contributed by atoms with Crippen molar-refractivity contribution in [3.63, 3.8) is 0 Å². The molecule has 0 unspecified atom stereocenters. The fourth-order valence-electron chi connectivity index (χ4n) is 2.98. The number of carbonyl (C=O) groups is 1. The first kappa shape index (κ1) is 18.4. The molecule has 26 heavy (non-hydrogen) atoms. The zero-order valence-electron chi connectivity index (χ0n) is 14.5. The van der Waals surface area contributed by atoms with Crippen LogP contribution < -0.4 is 15.4 Å². The van der Waals surface area contributed by atoms with Crippen molar-refractivity contribution in [1.29, 1.82) is 0 Å². The van der Waals surface area contributed by atoms with Gasteiger partial charge in [-0.3, -0.25) is 4.79 Å². The fourth-order valence-corrected chi connectivity index (χ4v) is 2.98. The van der Waals surface area contributed by atoms with Crippen LogP contribution in [0.3, 0.4) is 0 Å². The first-order valence-corrected chi connectivity index (χ1v) is 8.78. The summed E-state index contributed by atoms with van der Waals surface area (Å²) in [5.41, 5.74) is 0.783. The van der Waals surface area contributed by atoms with Gasteiger partial charge in [-0.1, -0.05) is 24.3 Å². The topological polar surface area (TPSA) is 70.6 Å². The van der Waals surface area contributed by atoms with Crippen molar-refractivity contribution in [2.24, 2.45) is 5.92 Å². The third kappa shape index (κ3) is 5.03. The average molecular weight is 358 g/mol. The molecule has 0 aliphatic carbocycles. The zero-order chi connectivity index (χ0) is 18.4. The summed E-state index contributed by atoms with van der Waals surface area (Å²) in [7, 11) is 0. The van der Waals surface area contributed by atoms with Gasteiger partial charge in [-0.25, -0.2) is 4.39 Å². The summed E-state index contributed by atoms with van der Waals surface area (Å²) in [5, 5.41) is 15.6. The Labute approximate surface area is 152 Å². The van der Waals surface area contributed by atoms with Crippen molar-refractivity contribution in [2.45, 2.75) is 18.9 Å². The van der Waals surface area contributed by atoms with Gasteiger partial charge in [-0.2, -0.15) is 0 Å². The molecule has 1 aliphatic heterocycles. The Kier molecular flexibility index (Phi) is 6.20. The Bertz CT molecular complexity index is 739. The molecule has 2 aromatic carbocycles. The second-order valence-electron chi connectivity index (χ2n) is 6.47. The van der Waals surface area contributed by atoms with Crippen LogP contribution in [0.2, 0.25) is 0 Å². The highest BCUT2D eigenvalue weighted by molar-refractivity contribution is 5.76. The van der Waals surface area contributed by atoms with E-state index in [-0.39, 0.29) is 17.6 Å². The predicted molar refractivity (Wildman–Crippen MR) is 96.6 cm³/mol. The Hall–Kier alpha value is -2.44. The highest BCUT2D eigenvalue weighted by Crippen LogP contribution is 2.25. The van der Waals surface area contributed by atoms with Crippen molar-refractivity contribution in [3.05, 3.63) is 59.9 Å². The van der Waals surface area contributed by atoms with Crippen LogP contribution in [0.25, 0.3) is 0 Å². The minimum absolute atomic E-state index is 0.0399. The molecular weight excluding hydrogens is 335 g/mol. The monoisotopic (exact) mass is 358 g/mol. The molecule has 0 saturated carbocycles. The van der Waals surface area contributed by atoms with E-state index in [9.17, 15) is 14.3 Å². The number of hydrogen-bond donors (Lipinski definition) is 3. The van der Waals surface area contributed by atoms with E-state index in [1.54, 1.807) is 24.3 Å². The van der Waals surface area contributed by atoms with Gasteiger partial charge in [0.1, 0.15) is 5.75 Å². The maximum absolute atomic E-state index is 14.2. The summed E-state index contributed by atoms with van der Waals surface area (Å²) in [6.07, 6.45) is 0.360. The highest BCUT2D eigenvalue weighted by Gasteiger charge is 2.26. The maximum Gasteiger partial charge on any atom is 0.220 e. The molecule has 2 atom stereocenters. The molecule has 3 rings (SSSR count). The van der Waals surface area contributed by atoms with E-state index >= 15 is 0 Å². The quantitative estimate of drug-likeness (QED) is 0.710. The van der Waals surface area contributed by atoms with E-state index in [1.807, 2.05) is 18.2 Å². The number of hydrogen-bond acceptors (Lipinski definition) is 4. The summed E-state index contributed by atoms with van der Waals surface area (Å²) < 4.78 is 19.7. The lowest BCUT2D eigenvalue weighted by Gasteiger charge is -2.13. The summed E-state index contributed by atoms with van der Waals surface area (Å²) >= 11 is 0. The number of benzene rings is 2. The molecule has 2 aromatic rings. The van der Waals surface area contributed by atoms with Crippen molar-refractivity contribution in [2.75, 3.05) is 19.6 Å². The molecule has 5 nitrogen and oxygen atoms in total. The van der Waals surface area contributed by atoms with E-state index in [2.05, 4.69) is 10.6 Å². The van der Waals surface area contributed by atoms with E-state index in [0.717, 1.165) is 5.56 Å². The van der Waals surface area contributed by atoms with Crippen molar-refractivity contribution in [1.82, 2.24) is 10.6 Å². The second-order valence-corrected chi connectivity index (χ2v) is 6.47. The van der Waals surface area contributed by atoms with Gasteiger partial charge in [-0.05, 0) is 36.2 Å². The number of para-hydroxylation sites is 1. The van der Waals surface area contributed by atoms with Gasteiger partial charge in [0.2, 0.25) is 5.91 Å². The lowest BCUT2D eigenvalue weighted by molar-refractivity contribution is -0.122. The molecule has 3 N–H and O–H groups in total. The Balaban J connectivity index is 1.46. The van der Waals surface area contributed by atoms with Crippen molar-refractivity contribution >= 4 is 5.91 Å². The molecular formula is C20H23FN2O3. The fraction of sp³-hybridized carbons (Fsp3) is 0.350. The lowest BCUT2D eigenvalue weighted by atomic mass is 10.0. The number of amides is 1. The van der Waals surface area contributed by atoms with Crippen LogP contribution in [0.1, 0.15) is 12.0 Å². The van der Waals surface area contributed by atoms with Gasteiger partial charge in [0, 0.05) is 32.0 Å². The van der Waals surface area contributed by atoms with Gasteiger partial charge >= 0.3 is 0 Å². The Morgan fingerprint density at radius 2 is 2.04 bits per heavy atom. The van der Waals surface area contributed by atoms with E-state index in [4.69, 9.17) is 4.74 Å². The number of rotatable bonds is 7. The normalized spacial score (nSPS) is 19.3. The second kappa shape index (κ2) is 8.78. The van der Waals surface area contributed by atoms with Crippen LogP contribution in [0.5, 0.6) is 11.5 Å². The molecule has 1 amide bonds. The number of nitrogens with one attached hydrogen (secondary N) is 2. The average Bonchev–Trinajstić information content (AvgIpc) is 3.03. The number of halogens is 1. The largest absolute Gasteiger partial charge is 0.454 e. The number of β-amino-alcohol motifs (C(OH)–C–C–N with tert-alkyl or cyclic N) is 1. The minimum Gasteiger partial charge on any atom is -0.454 e. The van der Waals surface area contributed by atoms with Crippen LogP contribution in [0, 0.1) is 11.7 Å². The van der Waals surface area contributed by atoms with Gasteiger partial charge in [0.15, 0.2) is 11.6 Å². The molecule has 0 bridgehead atoms. The predicted octanol–water partition coefficient (Wildman–Crippen LogP) is 2.25. The van der Waals surface area contributed by atoms with Gasteiger partial charge in [0.25, 0.3) is 0 Å². The number of carbonyl (C=O) groups excluding carboxylic acids is 1. The van der Waals surface area contributed by atoms with Crippen molar-refractivity contribution in [3.8, 4) is 11.5 Å². The van der Waals surface area contributed by atoms with Gasteiger partial charge in [0.05, 0.1) is 6.10 Å². The number of aliphatic hydroxyl groups is 1. The van der Waals surface area contributed by atoms with Crippen LogP contribution in [0.15, 0.2) is 48.5 Å². The molecule has 1 heterocycles. The van der Waals surface area contributed by atoms with Gasteiger partial charge in [-0.15, -0.1) is 0 Å². The van der Waals surface area contributed by atoms with Crippen LogP contribution >= 0.6 is 0 Å². The first-order chi connectivity index (χ1) is 12.6. The third-order valence-corrected chi connectivity index (χ3v) is 4.45. The smallest absolute Gasteiger partial charge is 0.220 e. The molecule has 1 aliphatic rings. The van der Waals surface area contributed by atoms with Crippen LogP contribution in [0.4, 0.5) is 4.39 Å². The van der Waals surface area contributed by atoms with Gasteiger partial charge < -0.3 is 20.5 Å². The molecule has 0 aromatic heterocycles. The molecule has 0 spiro atoms. The zero-order valence-corrected chi connectivity index (χ0v) is 14.5. The standard InChI is InChI=1S/C20H23FN2O3/c21-17-10-14(6-7-19(17)26-16-4-2-1-3-5-16)8-9-23-20(25)11-15-12-22-13-18(15)24/h1-7,10,15,18,22,24H,8-9,11-13H2,(H,23,25)/t15-,18-/m1/s1. The molecule has 0 radical (unpaired) electrons. The molecule has 138 valence electrons. The summed E-state index contributed by atoms with van der Waals surface area (Å²) in [6, 6.07) is 13.9. The van der Waals surface area contributed by atoms with Crippen LogP contribution in [-0.4, -0.2) is 36.8 Å². The third-order valence-electron chi connectivity index (χ3n) is 4.45. The highest BCUT2D eigenvalue weighted by atomic mass is 19.1. The Morgan fingerprint density at radius 3 is 2.73 bits per heavy atom. The first-order valence-electron chi connectivity index (χ1n) is 8.78. The molecule has 1 saturated heterocycles. The number of ether oxygens (including phenoxy) is 1. The van der Waals surface area contributed by atoms with Crippen LogP contribution in [-0.2, 0) is 11.2 Å². The SMILES string of the molecule is O=C(C[C@@H]1CNC[C@H]1O)NCCc1ccc(Oc2ccccc2)c(F)c1. The summed E-state index contributed by atoms with van der Waals surface area (Å²) in [5.74, 6) is 0.184. The molecule has 1 fully saturated rings. The summed E-state index contributed by atoms with van der Waals surface area (Å²) in [6.45, 7) is 1.62.